The molecule has 1 aromatic carbocycles. The lowest BCUT2D eigenvalue weighted by Gasteiger charge is -2.34. The summed E-state index contributed by atoms with van der Waals surface area (Å²) in [5.74, 6) is 0. The molecule has 0 bridgehead atoms. The molecule has 94 valence electrons. The maximum absolute atomic E-state index is 5.52. The maximum Gasteiger partial charge on any atom is 0.0848 e. The van der Waals surface area contributed by atoms with E-state index in [-0.39, 0.29) is 6.10 Å². The first-order valence-corrected chi connectivity index (χ1v) is 6.35. The fourth-order valence-corrected chi connectivity index (χ4v) is 2.43. The molecule has 3 heteroatoms. The lowest BCUT2D eigenvalue weighted by molar-refractivity contribution is 0.0482. The SMILES string of the molecule is COC1CNCCC1NC(C)c1ccccc1. The number of hydrogen-bond acceptors (Lipinski definition) is 3. The molecule has 0 aromatic heterocycles. The summed E-state index contributed by atoms with van der Waals surface area (Å²) in [7, 11) is 1.79. The van der Waals surface area contributed by atoms with Gasteiger partial charge in [0.2, 0.25) is 0 Å². The molecule has 0 aliphatic carbocycles. The van der Waals surface area contributed by atoms with Crippen molar-refractivity contribution in [2.75, 3.05) is 20.2 Å². The van der Waals surface area contributed by atoms with Gasteiger partial charge in [0.1, 0.15) is 0 Å². The number of hydrogen-bond donors (Lipinski definition) is 2. The van der Waals surface area contributed by atoms with E-state index in [0.29, 0.717) is 12.1 Å². The highest BCUT2D eigenvalue weighted by Gasteiger charge is 2.25. The fraction of sp³-hybridized carbons (Fsp3) is 0.571. The molecule has 3 nitrogen and oxygen atoms in total. The normalized spacial score (nSPS) is 26.7. The molecule has 1 aliphatic rings. The Bertz CT molecular complexity index is 328. The van der Waals surface area contributed by atoms with Crippen molar-refractivity contribution in [1.82, 2.24) is 10.6 Å². The maximum atomic E-state index is 5.52. The summed E-state index contributed by atoms with van der Waals surface area (Å²) in [6.07, 6.45) is 1.39. The molecule has 1 heterocycles. The number of piperidine rings is 1. The van der Waals surface area contributed by atoms with Crippen molar-refractivity contribution in [1.29, 1.82) is 0 Å². The summed E-state index contributed by atoms with van der Waals surface area (Å²) in [6, 6.07) is 11.4. The molecule has 1 aliphatic heterocycles. The van der Waals surface area contributed by atoms with Gasteiger partial charge in [-0.05, 0) is 25.5 Å². The minimum absolute atomic E-state index is 0.273. The van der Waals surface area contributed by atoms with E-state index in [0.717, 1.165) is 19.5 Å². The molecule has 0 spiro atoms. The van der Waals surface area contributed by atoms with Crippen LogP contribution in [-0.4, -0.2) is 32.3 Å². The van der Waals surface area contributed by atoms with Crippen LogP contribution >= 0.6 is 0 Å². The van der Waals surface area contributed by atoms with Gasteiger partial charge in [0.15, 0.2) is 0 Å². The quantitative estimate of drug-likeness (QED) is 0.832. The topological polar surface area (TPSA) is 33.3 Å². The third-order valence-electron chi connectivity index (χ3n) is 3.49. The second kappa shape index (κ2) is 6.15. The average Bonchev–Trinajstić information content (AvgIpc) is 2.40. The molecule has 3 unspecified atom stereocenters. The summed E-state index contributed by atoms with van der Waals surface area (Å²) < 4.78 is 5.52. The zero-order chi connectivity index (χ0) is 12.1. The number of nitrogens with one attached hydrogen (secondary N) is 2. The zero-order valence-electron chi connectivity index (χ0n) is 10.6. The molecule has 0 amide bonds. The Kier molecular flexibility index (Phi) is 4.54. The van der Waals surface area contributed by atoms with Crippen molar-refractivity contribution in [3.05, 3.63) is 35.9 Å². The van der Waals surface area contributed by atoms with Crippen molar-refractivity contribution >= 4 is 0 Å². The second-order valence-corrected chi connectivity index (χ2v) is 4.67. The standard InChI is InChI=1S/C14H22N2O/c1-11(12-6-4-3-5-7-12)16-13-8-9-15-10-14(13)17-2/h3-7,11,13-16H,8-10H2,1-2H3. The van der Waals surface area contributed by atoms with E-state index in [1.54, 1.807) is 7.11 Å². The van der Waals surface area contributed by atoms with Gasteiger partial charge in [-0.2, -0.15) is 0 Å². The number of benzene rings is 1. The first kappa shape index (κ1) is 12.6. The van der Waals surface area contributed by atoms with Gasteiger partial charge in [0.05, 0.1) is 6.10 Å². The van der Waals surface area contributed by atoms with Gasteiger partial charge in [-0.15, -0.1) is 0 Å². The largest absolute Gasteiger partial charge is 0.379 e. The van der Waals surface area contributed by atoms with E-state index >= 15 is 0 Å². The van der Waals surface area contributed by atoms with Gasteiger partial charge in [-0.3, -0.25) is 0 Å². The highest BCUT2D eigenvalue weighted by molar-refractivity contribution is 5.18. The molecular weight excluding hydrogens is 212 g/mol. The number of methoxy groups -OCH3 is 1. The highest BCUT2D eigenvalue weighted by atomic mass is 16.5. The Morgan fingerprint density at radius 3 is 2.82 bits per heavy atom. The van der Waals surface area contributed by atoms with Crippen LogP contribution in [0.15, 0.2) is 30.3 Å². The molecule has 1 saturated heterocycles. The van der Waals surface area contributed by atoms with E-state index in [4.69, 9.17) is 4.74 Å². The van der Waals surface area contributed by atoms with Gasteiger partial charge in [-0.25, -0.2) is 0 Å². The van der Waals surface area contributed by atoms with Crippen LogP contribution in [0.25, 0.3) is 0 Å². The molecular formula is C14H22N2O. The Morgan fingerprint density at radius 2 is 2.12 bits per heavy atom. The number of rotatable bonds is 4. The highest BCUT2D eigenvalue weighted by Crippen LogP contribution is 2.16. The molecule has 17 heavy (non-hydrogen) atoms. The van der Waals surface area contributed by atoms with Crippen molar-refractivity contribution < 1.29 is 4.74 Å². The van der Waals surface area contributed by atoms with E-state index in [2.05, 4.69) is 47.9 Å². The summed E-state index contributed by atoms with van der Waals surface area (Å²) >= 11 is 0. The molecule has 3 atom stereocenters. The molecule has 2 N–H and O–H groups in total. The lowest BCUT2D eigenvalue weighted by atomic mass is 10.0. The first-order valence-electron chi connectivity index (χ1n) is 6.35. The molecule has 0 radical (unpaired) electrons. The van der Waals surface area contributed by atoms with Gasteiger partial charge < -0.3 is 15.4 Å². The third kappa shape index (κ3) is 3.28. The summed E-state index contributed by atoms with van der Waals surface area (Å²) in [6.45, 7) is 4.22. The Hall–Kier alpha value is -0.900. The second-order valence-electron chi connectivity index (χ2n) is 4.67. The summed E-state index contributed by atoms with van der Waals surface area (Å²) in [4.78, 5) is 0. The van der Waals surface area contributed by atoms with Crippen LogP contribution in [0, 0.1) is 0 Å². The van der Waals surface area contributed by atoms with Crippen LogP contribution in [0.3, 0.4) is 0 Å². The fourth-order valence-electron chi connectivity index (χ4n) is 2.43. The molecule has 2 rings (SSSR count). The van der Waals surface area contributed by atoms with Crippen molar-refractivity contribution in [3.63, 3.8) is 0 Å². The molecule has 0 saturated carbocycles. The summed E-state index contributed by atoms with van der Waals surface area (Å²) in [5.41, 5.74) is 1.33. The van der Waals surface area contributed by atoms with E-state index in [1.807, 2.05) is 0 Å². The van der Waals surface area contributed by atoms with Crippen LogP contribution in [0.5, 0.6) is 0 Å². The third-order valence-corrected chi connectivity index (χ3v) is 3.49. The van der Waals surface area contributed by atoms with Gasteiger partial charge in [0.25, 0.3) is 0 Å². The number of ether oxygens (including phenoxy) is 1. The first-order chi connectivity index (χ1) is 8.31. The van der Waals surface area contributed by atoms with Crippen molar-refractivity contribution in [2.24, 2.45) is 0 Å². The van der Waals surface area contributed by atoms with E-state index < -0.39 is 0 Å². The Balaban J connectivity index is 1.95. The predicted octanol–water partition coefficient (Wildman–Crippen LogP) is 1.71. The molecule has 1 aromatic rings. The van der Waals surface area contributed by atoms with Crippen molar-refractivity contribution in [2.45, 2.75) is 31.5 Å². The summed E-state index contributed by atoms with van der Waals surface area (Å²) in [5, 5.41) is 7.03. The van der Waals surface area contributed by atoms with Gasteiger partial charge in [0, 0.05) is 25.7 Å². The van der Waals surface area contributed by atoms with Crippen LogP contribution in [0.1, 0.15) is 24.9 Å². The van der Waals surface area contributed by atoms with Gasteiger partial charge in [-0.1, -0.05) is 30.3 Å². The lowest BCUT2D eigenvalue weighted by Crippen LogP contribution is -2.52. The van der Waals surface area contributed by atoms with E-state index in [1.165, 1.54) is 5.56 Å². The van der Waals surface area contributed by atoms with Crippen LogP contribution in [0.2, 0.25) is 0 Å². The Labute approximate surface area is 104 Å². The average molecular weight is 234 g/mol. The van der Waals surface area contributed by atoms with E-state index in [9.17, 15) is 0 Å². The minimum Gasteiger partial charge on any atom is -0.379 e. The zero-order valence-corrected chi connectivity index (χ0v) is 10.6. The molecule has 1 fully saturated rings. The Morgan fingerprint density at radius 1 is 1.35 bits per heavy atom. The predicted molar refractivity (Wildman–Crippen MR) is 70.1 cm³/mol. The smallest absolute Gasteiger partial charge is 0.0848 e. The van der Waals surface area contributed by atoms with Gasteiger partial charge >= 0.3 is 0 Å². The van der Waals surface area contributed by atoms with Crippen LogP contribution in [0.4, 0.5) is 0 Å². The monoisotopic (exact) mass is 234 g/mol. The minimum atomic E-state index is 0.273. The van der Waals surface area contributed by atoms with Crippen molar-refractivity contribution in [3.8, 4) is 0 Å². The van der Waals surface area contributed by atoms with Crippen LogP contribution < -0.4 is 10.6 Å². The van der Waals surface area contributed by atoms with Crippen LogP contribution in [-0.2, 0) is 4.74 Å².